The molecule has 150 valence electrons. The molecule has 3 aromatic rings. The summed E-state index contributed by atoms with van der Waals surface area (Å²) < 4.78 is 42.0. The van der Waals surface area contributed by atoms with Crippen molar-refractivity contribution in [1.29, 1.82) is 0 Å². The Kier molecular flexibility index (Phi) is 4.58. The number of sulfonamides is 1. The van der Waals surface area contributed by atoms with E-state index in [1.807, 2.05) is 12.1 Å². The molecule has 0 radical (unpaired) electrons. The van der Waals surface area contributed by atoms with Gasteiger partial charge in [-0.25, -0.2) is 12.8 Å². The van der Waals surface area contributed by atoms with Gasteiger partial charge < -0.3 is 0 Å². The average molecular weight is 429 g/mol. The molecule has 29 heavy (non-hydrogen) atoms. The normalized spacial score (nSPS) is 23.6. The first-order chi connectivity index (χ1) is 14.0. The standard InChI is InChI=1S/C22H21FN2O2S2/c23-19-7-5-17(6-8-19)14-25-22(20-3-1-2-4-21(20)29(25,26)27)10-11-24(16-22)13-18-9-12-28-15-18/h1-9,12,15H,10-11,13-14,16H2. The second kappa shape index (κ2) is 7.02. The van der Waals surface area contributed by atoms with Crippen molar-refractivity contribution >= 4 is 21.4 Å². The van der Waals surface area contributed by atoms with E-state index in [0.717, 1.165) is 30.6 Å². The SMILES string of the molecule is O=S1(=O)c2ccccc2C2(CCN(Cc3ccsc3)C2)N1Cc1ccc(F)cc1. The molecule has 4 nitrogen and oxygen atoms in total. The monoisotopic (exact) mass is 428 g/mol. The van der Waals surface area contributed by atoms with Crippen molar-refractivity contribution < 1.29 is 12.8 Å². The number of likely N-dealkylation sites (tertiary alicyclic amines) is 1. The van der Waals surface area contributed by atoms with Gasteiger partial charge in [-0.1, -0.05) is 30.3 Å². The summed E-state index contributed by atoms with van der Waals surface area (Å²) in [5.74, 6) is -0.321. The third-order valence-electron chi connectivity index (χ3n) is 5.99. The number of thiophene rings is 1. The van der Waals surface area contributed by atoms with Crippen LogP contribution in [0.3, 0.4) is 0 Å². The zero-order valence-electron chi connectivity index (χ0n) is 15.8. The van der Waals surface area contributed by atoms with Crippen LogP contribution in [0.2, 0.25) is 0 Å². The van der Waals surface area contributed by atoms with Crippen molar-refractivity contribution in [2.24, 2.45) is 0 Å². The molecule has 1 atom stereocenters. The van der Waals surface area contributed by atoms with Gasteiger partial charge in [0.1, 0.15) is 5.82 Å². The Balaban J connectivity index is 1.54. The van der Waals surface area contributed by atoms with E-state index >= 15 is 0 Å². The highest BCUT2D eigenvalue weighted by Crippen LogP contribution is 2.50. The maximum absolute atomic E-state index is 13.5. The first kappa shape index (κ1) is 18.9. The van der Waals surface area contributed by atoms with Crippen molar-refractivity contribution in [3.63, 3.8) is 0 Å². The van der Waals surface area contributed by atoms with E-state index in [1.165, 1.54) is 17.7 Å². The van der Waals surface area contributed by atoms with Crippen LogP contribution in [0.25, 0.3) is 0 Å². The predicted octanol–water partition coefficient (Wildman–Crippen LogP) is 4.19. The maximum atomic E-state index is 13.5. The van der Waals surface area contributed by atoms with E-state index < -0.39 is 15.6 Å². The highest BCUT2D eigenvalue weighted by atomic mass is 32.2. The fourth-order valence-corrected chi connectivity index (χ4v) is 7.33. The van der Waals surface area contributed by atoms with Gasteiger partial charge in [0.15, 0.2) is 0 Å². The minimum Gasteiger partial charge on any atom is -0.297 e. The molecule has 1 spiro atoms. The number of nitrogens with zero attached hydrogens (tertiary/aromatic N) is 2. The van der Waals surface area contributed by atoms with Crippen LogP contribution in [0.5, 0.6) is 0 Å². The summed E-state index contributed by atoms with van der Waals surface area (Å²) in [6, 6.07) is 15.6. The smallest absolute Gasteiger partial charge is 0.244 e. The molecule has 2 aliphatic rings. The summed E-state index contributed by atoms with van der Waals surface area (Å²) >= 11 is 1.67. The zero-order valence-corrected chi connectivity index (χ0v) is 17.4. The Hall–Kier alpha value is -2.06. The highest BCUT2D eigenvalue weighted by molar-refractivity contribution is 7.89. The van der Waals surface area contributed by atoms with Crippen LogP contribution in [-0.4, -0.2) is 30.7 Å². The first-order valence-electron chi connectivity index (χ1n) is 9.59. The van der Waals surface area contributed by atoms with Crippen molar-refractivity contribution in [3.05, 3.63) is 87.9 Å². The number of rotatable bonds is 4. The van der Waals surface area contributed by atoms with Gasteiger partial charge >= 0.3 is 0 Å². The van der Waals surface area contributed by atoms with E-state index in [9.17, 15) is 12.8 Å². The fraction of sp³-hybridized carbons (Fsp3) is 0.273. The topological polar surface area (TPSA) is 40.6 Å². The van der Waals surface area contributed by atoms with Gasteiger partial charge in [0.2, 0.25) is 10.0 Å². The minimum absolute atomic E-state index is 0.240. The molecule has 0 amide bonds. The molecule has 0 N–H and O–H groups in total. The number of hydrogen-bond donors (Lipinski definition) is 0. The molecule has 0 aliphatic carbocycles. The van der Waals surface area contributed by atoms with Crippen LogP contribution in [-0.2, 0) is 28.7 Å². The van der Waals surface area contributed by atoms with Crippen LogP contribution < -0.4 is 0 Å². The predicted molar refractivity (Wildman–Crippen MR) is 111 cm³/mol. The maximum Gasteiger partial charge on any atom is 0.244 e. The summed E-state index contributed by atoms with van der Waals surface area (Å²) in [6.45, 7) is 2.54. The molecule has 0 bridgehead atoms. The van der Waals surface area contributed by atoms with Gasteiger partial charge in [0, 0.05) is 26.2 Å². The van der Waals surface area contributed by atoms with Gasteiger partial charge in [-0.3, -0.25) is 4.90 Å². The number of benzene rings is 2. The van der Waals surface area contributed by atoms with Gasteiger partial charge in [0.05, 0.1) is 10.4 Å². The molecule has 0 saturated carbocycles. The lowest BCUT2D eigenvalue weighted by atomic mass is 9.88. The molecule has 2 aromatic carbocycles. The molecule has 2 aliphatic heterocycles. The van der Waals surface area contributed by atoms with Crippen molar-refractivity contribution in [3.8, 4) is 0 Å². The quantitative estimate of drug-likeness (QED) is 0.626. The van der Waals surface area contributed by atoms with E-state index in [2.05, 4.69) is 21.7 Å². The van der Waals surface area contributed by atoms with Crippen LogP contribution >= 0.6 is 11.3 Å². The summed E-state index contributed by atoms with van der Waals surface area (Å²) in [6.07, 6.45) is 0.745. The van der Waals surface area contributed by atoms with E-state index in [-0.39, 0.29) is 12.4 Å². The summed E-state index contributed by atoms with van der Waals surface area (Å²) in [5.41, 5.74) is 2.35. The van der Waals surface area contributed by atoms with Crippen molar-refractivity contribution in [2.75, 3.05) is 13.1 Å². The highest BCUT2D eigenvalue weighted by Gasteiger charge is 2.56. The third kappa shape index (κ3) is 3.13. The molecule has 1 fully saturated rings. The zero-order chi connectivity index (χ0) is 20.1. The van der Waals surface area contributed by atoms with Crippen LogP contribution in [0, 0.1) is 5.82 Å². The molecular weight excluding hydrogens is 407 g/mol. The van der Waals surface area contributed by atoms with Crippen molar-refractivity contribution in [1.82, 2.24) is 9.21 Å². The Morgan fingerprint density at radius 1 is 1.00 bits per heavy atom. The molecule has 5 rings (SSSR count). The van der Waals surface area contributed by atoms with Crippen LogP contribution in [0.1, 0.15) is 23.1 Å². The van der Waals surface area contributed by atoms with Crippen LogP contribution in [0.15, 0.2) is 70.3 Å². The molecule has 1 aromatic heterocycles. The molecular formula is C22H21FN2O2S2. The molecule has 7 heteroatoms. The van der Waals surface area contributed by atoms with E-state index in [0.29, 0.717) is 11.4 Å². The second-order valence-electron chi connectivity index (χ2n) is 7.76. The largest absolute Gasteiger partial charge is 0.297 e. The Morgan fingerprint density at radius 3 is 2.55 bits per heavy atom. The molecule has 1 saturated heterocycles. The summed E-state index contributed by atoms with van der Waals surface area (Å²) in [5, 5.41) is 4.21. The van der Waals surface area contributed by atoms with Gasteiger partial charge in [-0.15, -0.1) is 0 Å². The van der Waals surface area contributed by atoms with Gasteiger partial charge in [0.25, 0.3) is 0 Å². The minimum atomic E-state index is -3.62. The van der Waals surface area contributed by atoms with E-state index in [4.69, 9.17) is 0 Å². The molecule has 3 heterocycles. The van der Waals surface area contributed by atoms with Gasteiger partial charge in [-0.05, 0) is 58.1 Å². The third-order valence-corrected chi connectivity index (χ3v) is 8.69. The number of halogens is 1. The van der Waals surface area contributed by atoms with E-state index in [1.54, 1.807) is 39.9 Å². The van der Waals surface area contributed by atoms with Gasteiger partial charge in [-0.2, -0.15) is 15.6 Å². The second-order valence-corrected chi connectivity index (χ2v) is 10.4. The molecule has 1 unspecified atom stereocenters. The Labute approximate surface area is 174 Å². The lowest BCUT2D eigenvalue weighted by molar-refractivity contribution is 0.184. The van der Waals surface area contributed by atoms with Crippen molar-refractivity contribution in [2.45, 2.75) is 29.9 Å². The lowest BCUT2D eigenvalue weighted by Crippen LogP contribution is -2.45. The summed E-state index contributed by atoms with van der Waals surface area (Å²) in [7, 11) is -3.62. The summed E-state index contributed by atoms with van der Waals surface area (Å²) in [4.78, 5) is 2.73. The fourth-order valence-electron chi connectivity index (χ4n) is 4.62. The average Bonchev–Trinajstić information content (AvgIpc) is 3.41. The number of hydrogen-bond acceptors (Lipinski definition) is 4. The lowest BCUT2D eigenvalue weighted by Gasteiger charge is -2.34. The Bertz CT molecular complexity index is 1130. The Morgan fingerprint density at radius 2 is 1.79 bits per heavy atom. The first-order valence-corrected chi connectivity index (χ1v) is 12.0. The number of fused-ring (bicyclic) bond motifs is 2. The van der Waals surface area contributed by atoms with Crippen LogP contribution in [0.4, 0.5) is 4.39 Å².